The van der Waals surface area contributed by atoms with Crippen molar-refractivity contribution in [2.75, 3.05) is 32.7 Å². The van der Waals surface area contributed by atoms with Gasteiger partial charge in [0, 0.05) is 52.0 Å². The Kier molecular flexibility index (Phi) is 7.31. The Morgan fingerprint density at radius 2 is 1.47 bits per heavy atom. The number of nitrogens with zero attached hydrogens (tertiary/aromatic N) is 4. The first-order valence-corrected chi connectivity index (χ1v) is 11.4. The smallest absolute Gasteiger partial charge is 0.340 e. The van der Waals surface area contributed by atoms with Crippen LogP contribution in [0.25, 0.3) is 0 Å². The highest BCUT2D eigenvalue weighted by Gasteiger charge is 2.30. The monoisotopic (exact) mass is 472 g/mol. The molecule has 2 aromatic carbocycles. The molecule has 0 aromatic heterocycles. The summed E-state index contributed by atoms with van der Waals surface area (Å²) in [6.07, 6.45) is -3.37. The number of hydrogen-bond donors (Lipinski definition) is 0. The van der Waals surface area contributed by atoms with Crippen LogP contribution in [0.2, 0.25) is 0 Å². The van der Waals surface area contributed by atoms with Crippen molar-refractivity contribution in [3.8, 4) is 0 Å². The van der Waals surface area contributed by atoms with Gasteiger partial charge in [0.1, 0.15) is 0 Å². The maximum atomic E-state index is 12.7. The van der Waals surface area contributed by atoms with Crippen LogP contribution in [0.3, 0.4) is 0 Å². The summed E-state index contributed by atoms with van der Waals surface area (Å²) in [6, 6.07) is 14.9. The van der Waals surface area contributed by atoms with Crippen LogP contribution in [-0.2, 0) is 22.3 Å². The molecule has 9 heteroatoms. The number of halogens is 3. The summed E-state index contributed by atoms with van der Waals surface area (Å²) in [5.41, 5.74) is 2.03. The molecule has 2 amide bonds. The standard InChI is InChI=1S/C25H27F3N4O2/c26-25(27,28)21-8-6-19(7-9-21)18-30-14-16-31(17-15-30)23(33)10-11-24(34)32-13-12-22(29-32)20-4-2-1-3-5-20/h1-9H,10-18H2. The van der Waals surface area contributed by atoms with Crippen LogP contribution in [0.15, 0.2) is 59.7 Å². The molecule has 2 aliphatic rings. The molecule has 180 valence electrons. The highest BCUT2D eigenvalue weighted by atomic mass is 19.4. The van der Waals surface area contributed by atoms with Gasteiger partial charge in [-0.1, -0.05) is 42.5 Å². The number of amides is 2. The van der Waals surface area contributed by atoms with E-state index in [0.29, 0.717) is 45.7 Å². The molecule has 0 N–H and O–H groups in total. The molecule has 2 heterocycles. The lowest BCUT2D eigenvalue weighted by atomic mass is 10.1. The molecule has 34 heavy (non-hydrogen) atoms. The second-order valence-corrected chi connectivity index (χ2v) is 8.53. The third kappa shape index (κ3) is 6.02. The molecule has 2 aromatic rings. The third-order valence-corrected chi connectivity index (χ3v) is 6.16. The van der Waals surface area contributed by atoms with E-state index in [1.54, 1.807) is 4.90 Å². The minimum absolute atomic E-state index is 0.0611. The average Bonchev–Trinajstić information content (AvgIpc) is 3.34. The predicted molar refractivity (Wildman–Crippen MR) is 122 cm³/mol. The van der Waals surface area contributed by atoms with Gasteiger partial charge in [-0.2, -0.15) is 18.3 Å². The summed E-state index contributed by atoms with van der Waals surface area (Å²) in [7, 11) is 0. The van der Waals surface area contributed by atoms with E-state index >= 15 is 0 Å². The zero-order valence-corrected chi connectivity index (χ0v) is 18.8. The van der Waals surface area contributed by atoms with Crippen molar-refractivity contribution in [2.45, 2.75) is 32.0 Å². The van der Waals surface area contributed by atoms with Gasteiger partial charge in [0.05, 0.1) is 17.8 Å². The Morgan fingerprint density at radius 1 is 0.824 bits per heavy atom. The molecule has 0 spiro atoms. The Bertz CT molecular complexity index is 1030. The maximum Gasteiger partial charge on any atom is 0.416 e. The van der Waals surface area contributed by atoms with E-state index in [4.69, 9.17) is 0 Å². The van der Waals surface area contributed by atoms with Crippen LogP contribution in [0.5, 0.6) is 0 Å². The van der Waals surface area contributed by atoms with Crippen LogP contribution < -0.4 is 0 Å². The largest absolute Gasteiger partial charge is 0.416 e. The molecule has 0 atom stereocenters. The third-order valence-electron chi connectivity index (χ3n) is 6.16. The molecule has 0 aliphatic carbocycles. The fourth-order valence-corrected chi connectivity index (χ4v) is 4.18. The molecule has 0 radical (unpaired) electrons. The normalized spacial score (nSPS) is 17.1. The van der Waals surface area contributed by atoms with E-state index < -0.39 is 11.7 Å². The van der Waals surface area contributed by atoms with E-state index in [2.05, 4.69) is 10.0 Å². The minimum Gasteiger partial charge on any atom is -0.340 e. The van der Waals surface area contributed by atoms with Crippen molar-refractivity contribution in [1.29, 1.82) is 0 Å². The molecule has 6 nitrogen and oxygen atoms in total. The number of benzene rings is 2. The molecular formula is C25H27F3N4O2. The van der Waals surface area contributed by atoms with Crippen molar-refractivity contribution >= 4 is 17.5 Å². The number of carbonyl (C=O) groups excluding carboxylic acids is 2. The van der Waals surface area contributed by atoms with Crippen molar-refractivity contribution in [3.05, 3.63) is 71.3 Å². The van der Waals surface area contributed by atoms with E-state index in [-0.39, 0.29) is 24.7 Å². The van der Waals surface area contributed by atoms with E-state index in [9.17, 15) is 22.8 Å². The lowest BCUT2D eigenvalue weighted by molar-refractivity contribution is -0.137. The molecule has 1 fully saturated rings. The first-order chi connectivity index (χ1) is 16.3. The summed E-state index contributed by atoms with van der Waals surface area (Å²) in [5, 5.41) is 5.88. The van der Waals surface area contributed by atoms with Gasteiger partial charge in [-0.15, -0.1) is 0 Å². The Hall–Kier alpha value is -3.20. The van der Waals surface area contributed by atoms with Crippen LogP contribution in [-0.4, -0.2) is 65.1 Å². The van der Waals surface area contributed by atoms with Crippen LogP contribution in [0, 0.1) is 0 Å². The summed E-state index contributed by atoms with van der Waals surface area (Å²) in [5.74, 6) is -0.214. The Labute approximate surface area is 196 Å². The van der Waals surface area contributed by atoms with Gasteiger partial charge < -0.3 is 4.90 Å². The van der Waals surface area contributed by atoms with Crippen LogP contribution in [0.4, 0.5) is 13.2 Å². The van der Waals surface area contributed by atoms with Gasteiger partial charge in [-0.25, -0.2) is 5.01 Å². The number of hydrazone groups is 1. The quantitative estimate of drug-likeness (QED) is 0.643. The zero-order valence-electron chi connectivity index (χ0n) is 18.8. The number of alkyl halides is 3. The molecule has 0 bridgehead atoms. The van der Waals surface area contributed by atoms with Crippen LogP contribution >= 0.6 is 0 Å². The fraction of sp³-hybridized carbons (Fsp3) is 0.400. The second-order valence-electron chi connectivity index (χ2n) is 8.53. The van der Waals surface area contributed by atoms with Crippen molar-refractivity contribution < 1.29 is 22.8 Å². The SMILES string of the molecule is O=C(CCC(=O)N1CCC(c2ccccc2)=N1)N1CCN(Cc2ccc(C(F)(F)F)cc2)CC1. The van der Waals surface area contributed by atoms with Gasteiger partial charge >= 0.3 is 6.18 Å². The lowest BCUT2D eigenvalue weighted by Crippen LogP contribution is -2.48. The maximum absolute atomic E-state index is 12.7. The number of piperazine rings is 1. The van der Waals surface area contributed by atoms with Crippen molar-refractivity contribution in [1.82, 2.24) is 14.8 Å². The van der Waals surface area contributed by atoms with Gasteiger partial charge in [0.25, 0.3) is 0 Å². The predicted octanol–water partition coefficient (Wildman–Crippen LogP) is 3.77. The first-order valence-electron chi connectivity index (χ1n) is 11.4. The van der Waals surface area contributed by atoms with Gasteiger partial charge in [0.2, 0.25) is 11.8 Å². The zero-order chi connectivity index (χ0) is 24.1. The van der Waals surface area contributed by atoms with Gasteiger partial charge in [0.15, 0.2) is 0 Å². The Morgan fingerprint density at radius 3 is 2.12 bits per heavy atom. The first kappa shape index (κ1) is 23.9. The number of hydrogen-bond acceptors (Lipinski definition) is 4. The highest BCUT2D eigenvalue weighted by molar-refractivity contribution is 6.02. The molecule has 0 unspecified atom stereocenters. The van der Waals surface area contributed by atoms with Gasteiger partial charge in [-0.3, -0.25) is 14.5 Å². The molecule has 0 saturated carbocycles. The number of rotatable bonds is 6. The fourth-order valence-electron chi connectivity index (χ4n) is 4.18. The Balaban J connectivity index is 1.20. The topological polar surface area (TPSA) is 56.2 Å². The second kappa shape index (κ2) is 10.4. The van der Waals surface area contributed by atoms with Crippen molar-refractivity contribution in [3.63, 3.8) is 0 Å². The van der Waals surface area contributed by atoms with Crippen molar-refractivity contribution in [2.24, 2.45) is 5.10 Å². The molecule has 1 saturated heterocycles. The summed E-state index contributed by atoms with van der Waals surface area (Å²) in [6.45, 7) is 3.41. The molecule has 4 rings (SSSR count). The minimum atomic E-state index is -4.34. The molecule has 2 aliphatic heterocycles. The van der Waals surface area contributed by atoms with Gasteiger partial charge in [-0.05, 0) is 23.3 Å². The summed E-state index contributed by atoms with van der Waals surface area (Å²) in [4.78, 5) is 29.0. The highest BCUT2D eigenvalue weighted by Crippen LogP contribution is 2.29. The van der Waals surface area contributed by atoms with E-state index in [1.807, 2.05) is 30.3 Å². The summed E-state index contributed by atoms with van der Waals surface area (Å²) < 4.78 is 38.1. The molecular weight excluding hydrogens is 445 g/mol. The number of carbonyl (C=O) groups is 2. The van der Waals surface area contributed by atoms with E-state index in [0.717, 1.165) is 29.0 Å². The van der Waals surface area contributed by atoms with Crippen LogP contribution in [0.1, 0.15) is 36.0 Å². The average molecular weight is 473 g/mol. The lowest BCUT2D eigenvalue weighted by Gasteiger charge is -2.35. The summed E-state index contributed by atoms with van der Waals surface area (Å²) >= 11 is 0. The van der Waals surface area contributed by atoms with E-state index in [1.165, 1.54) is 17.1 Å².